The number of carbonyl (C=O) groups is 1. The van der Waals surface area contributed by atoms with Crippen molar-refractivity contribution < 1.29 is 19.2 Å². The fourth-order valence-corrected chi connectivity index (χ4v) is 1.38. The summed E-state index contributed by atoms with van der Waals surface area (Å²) in [5.74, 6) is -1.20. The fraction of sp³-hybridized carbons (Fsp3) is 0.625. The van der Waals surface area contributed by atoms with Gasteiger partial charge in [0.05, 0.1) is 7.11 Å². The first-order chi connectivity index (χ1) is 6.72. The molecule has 1 fully saturated rings. The Labute approximate surface area is 79.9 Å². The Morgan fingerprint density at radius 1 is 1.71 bits per heavy atom. The number of aliphatic carboxylic acids is 1. The lowest BCUT2D eigenvalue weighted by Crippen LogP contribution is -2.15. The molecule has 2 rings (SSSR count). The average molecular weight is 198 g/mol. The van der Waals surface area contributed by atoms with Gasteiger partial charge in [-0.05, 0) is 18.8 Å². The van der Waals surface area contributed by atoms with Crippen LogP contribution in [0.15, 0.2) is 4.52 Å². The average Bonchev–Trinajstić information content (AvgIpc) is 2.83. The predicted octanol–water partition coefficient (Wildman–Crippen LogP) is 0.656. The van der Waals surface area contributed by atoms with E-state index in [1.54, 1.807) is 0 Å². The van der Waals surface area contributed by atoms with E-state index in [0.717, 1.165) is 12.8 Å². The maximum Gasteiger partial charge on any atom is 0.417 e. The van der Waals surface area contributed by atoms with Crippen LogP contribution in [0.2, 0.25) is 0 Å². The Morgan fingerprint density at radius 2 is 2.43 bits per heavy atom. The van der Waals surface area contributed by atoms with Crippen molar-refractivity contribution >= 4 is 5.97 Å². The smallest absolute Gasteiger partial charge is 0.417 e. The molecule has 0 radical (unpaired) electrons. The molecule has 0 bridgehead atoms. The van der Waals surface area contributed by atoms with Crippen LogP contribution >= 0.6 is 0 Å². The lowest BCUT2D eigenvalue weighted by atomic mass is 10.0. The summed E-state index contributed by atoms with van der Waals surface area (Å²) in [5, 5.41) is 12.5. The monoisotopic (exact) mass is 198 g/mol. The highest BCUT2D eigenvalue weighted by atomic mass is 16.6. The molecule has 6 nitrogen and oxygen atoms in total. The molecule has 0 aliphatic heterocycles. The van der Waals surface area contributed by atoms with Gasteiger partial charge in [-0.3, -0.25) is 9.32 Å². The molecule has 0 spiro atoms. The van der Waals surface area contributed by atoms with Gasteiger partial charge < -0.3 is 9.84 Å². The second-order valence-corrected chi connectivity index (χ2v) is 3.28. The SMILES string of the molecule is COc1nc(C(C(=O)O)C2CC2)no1. The van der Waals surface area contributed by atoms with E-state index in [4.69, 9.17) is 9.84 Å². The molecular formula is C8H10N2O4. The highest BCUT2D eigenvalue weighted by Gasteiger charge is 2.40. The van der Waals surface area contributed by atoms with Crippen LogP contribution in [0.3, 0.4) is 0 Å². The summed E-state index contributed by atoms with van der Waals surface area (Å²) in [6.07, 6.45) is 1.83. The lowest BCUT2D eigenvalue weighted by Gasteiger charge is -2.03. The van der Waals surface area contributed by atoms with Gasteiger partial charge in [-0.2, -0.15) is 4.98 Å². The second-order valence-electron chi connectivity index (χ2n) is 3.28. The van der Waals surface area contributed by atoms with Gasteiger partial charge in [0.1, 0.15) is 5.92 Å². The van der Waals surface area contributed by atoms with E-state index in [2.05, 4.69) is 14.7 Å². The molecule has 1 aliphatic rings. The van der Waals surface area contributed by atoms with Crippen LogP contribution < -0.4 is 4.74 Å². The van der Waals surface area contributed by atoms with Gasteiger partial charge in [0, 0.05) is 0 Å². The molecule has 1 saturated carbocycles. The Morgan fingerprint density at radius 3 is 2.86 bits per heavy atom. The van der Waals surface area contributed by atoms with Crippen molar-refractivity contribution in [3.63, 3.8) is 0 Å². The first-order valence-electron chi connectivity index (χ1n) is 4.32. The summed E-state index contributed by atoms with van der Waals surface area (Å²) in [4.78, 5) is 14.7. The highest BCUT2D eigenvalue weighted by Crippen LogP contribution is 2.42. The first-order valence-corrected chi connectivity index (χ1v) is 4.32. The fourth-order valence-electron chi connectivity index (χ4n) is 1.38. The van der Waals surface area contributed by atoms with E-state index in [9.17, 15) is 4.79 Å². The number of methoxy groups -OCH3 is 1. The third kappa shape index (κ3) is 1.55. The van der Waals surface area contributed by atoms with Crippen LogP contribution in [0.1, 0.15) is 24.6 Å². The van der Waals surface area contributed by atoms with Gasteiger partial charge in [-0.25, -0.2) is 0 Å². The van der Waals surface area contributed by atoms with Crippen molar-refractivity contribution in [2.45, 2.75) is 18.8 Å². The first kappa shape index (κ1) is 8.98. The summed E-state index contributed by atoms with van der Waals surface area (Å²) >= 11 is 0. The standard InChI is InChI=1S/C8H10N2O4/c1-13-8-9-6(10-14-8)5(7(11)12)4-2-3-4/h4-5H,2-3H2,1H3,(H,11,12). The van der Waals surface area contributed by atoms with Crippen molar-refractivity contribution in [1.82, 2.24) is 10.1 Å². The zero-order valence-corrected chi connectivity index (χ0v) is 7.64. The largest absolute Gasteiger partial charge is 0.481 e. The van der Waals surface area contributed by atoms with Crippen LogP contribution in [-0.2, 0) is 4.79 Å². The second kappa shape index (κ2) is 3.28. The molecule has 1 atom stereocenters. The summed E-state index contributed by atoms with van der Waals surface area (Å²) in [5.41, 5.74) is 0. The minimum Gasteiger partial charge on any atom is -0.481 e. The van der Waals surface area contributed by atoms with E-state index in [0.29, 0.717) is 0 Å². The summed E-state index contributed by atoms with van der Waals surface area (Å²) in [7, 11) is 1.39. The number of hydrogen-bond acceptors (Lipinski definition) is 5. The molecular weight excluding hydrogens is 188 g/mol. The van der Waals surface area contributed by atoms with E-state index in [1.807, 2.05) is 0 Å². The molecule has 1 aliphatic carbocycles. The number of ether oxygens (including phenoxy) is 1. The molecule has 1 N–H and O–H groups in total. The van der Waals surface area contributed by atoms with Crippen LogP contribution in [0.25, 0.3) is 0 Å². The van der Waals surface area contributed by atoms with Crippen molar-refractivity contribution in [3.8, 4) is 6.08 Å². The predicted molar refractivity (Wildman–Crippen MR) is 44.0 cm³/mol. The van der Waals surface area contributed by atoms with E-state index >= 15 is 0 Å². The highest BCUT2D eigenvalue weighted by molar-refractivity contribution is 5.75. The quantitative estimate of drug-likeness (QED) is 0.764. The van der Waals surface area contributed by atoms with Gasteiger partial charge in [0.25, 0.3) is 0 Å². The molecule has 14 heavy (non-hydrogen) atoms. The number of hydrogen-bond donors (Lipinski definition) is 1. The Balaban J connectivity index is 2.21. The molecule has 1 unspecified atom stereocenters. The number of carboxylic acid groups (broad SMARTS) is 1. The van der Waals surface area contributed by atoms with Crippen LogP contribution in [-0.4, -0.2) is 28.3 Å². The Hall–Kier alpha value is -1.59. The molecule has 1 aromatic heterocycles. The molecule has 1 aromatic rings. The van der Waals surface area contributed by atoms with Gasteiger partial charge in [0.15, 0.2) is 5.82 Å². The number of nitrogens with zero attached hydrogens (tertiary/aromatic N) is 2. The molecule has 6 heteroatoms. The van der Waals surface area contributed by atoms with E-state index in [-0.39, 0.29) is 17.8 Å². The molecule has 0 aromatic carbocycles. The van der Waals surface area contributed by atoms with E-state index in [1.165, 1.54) is 7.11 Å². The normalized spacial score (nSPS) is 17.8. The van der Waals surface area contributed by atoms with Crippen molar-refractivity contribution in [2.24, 2.45) is 5.92 Å². The van der Waals surface area contributed by atoms with Crippen LogP contribution in [0.5, 0.6) is 6.08 Å². The Kier molecular flexibility index (Phi) is 2.11. The minimum absolute atomic E-state index is 0.00639. The van der Waals surface area contributed by atoms with Crippen molar-refractivity contribution in [2.75, 3.05) is 7.11 Å². The maximum absolute atomic E-state index is 10.9. The third-order valence-corrected chi connectivity index (χ3v) is 2.24. The maximum atomic E-state index is 10.9. The van der Waals surface area contributed by atoms with Crippen LogP contribution in [0.4, 0.5) is 0 Å². The molecule has 76 valence electrons. The van der Waals surface area contributed by atoms with Gasteiger partial charge in [-0.15, -0.1) is 0 Å². The summed E-state index contributed by atoms with van der Waals surface area (Å²) in [6, 6.07) is 0. The lowest BCUT2D eigenvalue weighted by molar-refractivity contribution is -0.139. The van der Waals surface area contributed by atoms with E-state index < -0.39 is 11.9 Å². The number of rotatable bonds is 4. The van der Waals surface area contributed by atoms with Gasteiger partial charge in [-0.1, -0.05) is 5.16 Å². The van der Waals surface area contributed by atoms with Crippen molar-refractivity contribution in [1.29, 1.82) is 0 Å². The van der Waals surface area contributed by atoms with Gasteiger partial charge in [0.2, 0.25) is 0 Å². The molecule has 1 heterocycles. The summed E-state index contributed by atoms with van der Waals surface area (Å²) < 4.78 is 9.37. The zero-order valence-electron chi connectivity index (χ0n) is 7.64. The minimum atomic E-state index is -0.907. The topological polar surface area (TPSA) is 85.5 Å². The molecule has 0 amide bonds. The zero-order chi connectivity index (χ0) is 10.1. The Bertz CT molecular complexity index is 345. The molecule has 0 saturated heterocycles. The van der Waals surface area contributed by atoms with Crippen LogP contribution in [0, 0.1) is 5.92 Å². The van der Waals surface area contributed by atoms with Gasteiger partial charge >= 0.3 is 12.0 Å². The number of carboxylic acids is 1. The van der Waals surface area contributed by atoms with Crippen molar-refractivity contribution in [3.05, 3.63) is 5.82 Å². The third-order valence-electron chi connectivity index (χ3n) is 2.24. The number of aromatic nitrogens is 2. The summed E-state index contributed by atoms with van der Waals surface area (Å²) in [6.45, 7) is 0.